The van der Waals surface area contributed by atoms with Crippen LogP contribution >= 0.6 is 0 Å². The number of carbonyl (C=O) groups is 2. The molecule has 0 radical (unpaired) electrons. The Bertz CT molecular complexity index is 578. The molecule has 1 aliphatic carbocycles. The summed E-state index contributed by atoms with van der Waals surface area (Å²) in [5, 5.41) is 12.2. The first kappa shape index (κ1) is 14.0. The van der Waals surface area contributed by atoms with Crippen LogP contribution in [0.25, 0.3) is 0 Å². The molecule has 0 bridgehead atoms. The lowest BCUT2D eigenvalue weighted by molar-refractivity contribution is -0.143. The largest absolute Gasteiger partial charge is 0.481 e. The van der Waals surface area contributed by atoms with E-state index in [1.54, 1.807) is 17.0 Å². The number of carboxylic acids is 1. The lowest BCUT2D eigenvalue weighted by Crippen LogP contribution is -2.49. The molecule has 1 aliphatic heterocycles. The molecule has 0 spiro atoms. The van der Waals surface area contributed by atoms with Gasteiger partial charge >= 0.3 is 5.97 Å². The van der Waals surface area contributed by atoms with Crippen molar-refractivity contribution in [2.45, 2.75) is 12.5 Å². The van der Waals surface area contributed by atoms with Gasteiger partial charge in [-0.15, -0.1) is 0 Å². The monoisotopic (exact) mass is 292 g/mol. The number of benzene rings is 1. The Morgan fingerprint density at radius 2 is 2.14 bits per heavy atom. The van der Waals surface area contributed by atoms with Gasteiger partial charge in [-0.2, -0.15) is 0 Å². The van der Waals surface area contributed by atoms with Crippen molar-refractivity contribution in [2.75, 3.05) is 19.6 Å². The van der Waals surface area contributed by atoms with Crippen molar-refractivity contribution in [3.8, 4) is 0 Å². The molecular weight excluding hydrogens is 275 g/mol. The third-order valence-electron chi connectivity index (χ3n) is 4.18. The molecule has 3 rings (SSSR count). The van der Waals surface area contributed by atoms with Crippen molar-refractivity contribution >= 4 is 11.9 Å². The van der Waals surface area contributed by atoms with E-state index < -0.39 is 17.8 Å². The average Bonchev–Trinajstić information content (AvgIpc) is 3.27. The number of amides is 1. The van der Waals surface area contributed by atoms with Crippen molar-refractivity contribution < 1.29 is 19.1 Å². The molecule has 1 saturated heterocycles. The molecule has 1 heterocycles. The van der Waals surface area contributed by atoms with Gasteiger partial charge in [0.25, 0.3) is 0 Å². The van der Waals surface area contributed by atoms with Gasteiger partial charge in [0.05, 0.1) is 17.9 Å². The van der Waals surface area contributed by atoms with Crippen LogP contribution in [0.4, 0.5) is 4.39 Å². The first-order chi connectivity index (χ1) is 10.1. The number of hydrogen-bond acceptors (Lipinski definition) is 3. The van der Waals surface area contributed by atoms with Gasteiger partial charge < -0.3 is 15.3 Å². The quantitative estimate of drug-likeness (QED) is 0.872. The van der Waals surface area contributed by atoms with Gasteiger partial charge in [0.15, 0.2) is 0 Å². The predicted octanol–water partition coefficient (Wildman–Crippen LogP) is 1.02. The molecule has 6 heteroatoms. The number of carboxylic acid groups (broad SMARTS) is 1. The third kappa shape index (κ3) is 2.76. The number of halogens is 1. The number of aliphatic carboxylic acids is 1. The highest BCUT2D eigenvalue weighted by Crippen LogP contribution is 2.41. The lowest BCUT2D eigenvalue weighted by Gasteiger charge is -2.36. The van der Waals surface area contributed by atoms with Crippen LogP contribution in [0, 0.1) is 17.7 Å². The smallest absolute Gasteiger partial charge is 0.307 e. The summed E-state index contributed by atoms with van der Waals surface area (Å²) in [4.78, 5) is 25.1. The van der Waals surface area contributed by atoms with E-state index in [9.17, 15) is 14.0 Å². The van der Waals surface area contributed by atoms with E-state index in [2.05, 4.69) is 5.32 Å². The average molecular weight is 292 g/mol. The number of nitrogens with one attached hydrogen (secondary N) is 1. The molecule has 2 N–H and O–H groups in total. The van der Waals surface area contributed by atoms with Crippen molar-refractivity contribution in [1.82, 2.24) is 10.2 Å². The molecule has 5 nitrogen and oxygen atoms in total. The Kier molecular flexibility index (Phi) is 3.63. The van der Waals surface area contributed by atoms with Crippen molar-refractivity contribution in [3.63, 3.8) is 0 Å². The summed E-state index contributed by atoms with van der Waals surface area (Å²) in [5.41, 5.74) is 0.739. The molecule has 1 aromatic rings. The summed E-state index contributed by atoms with van der Waals surface area (Å²) in [7, 11) is 0. The number of rotatable bonds is 3. The van der Waals surface area contributed by atoms with Crippen LogP contribution in [-0.2, 0) is 9.59 Å². The van der Waals surface area contributed by atoms with Gasteiger partial charge in [-0.25, -0.2) is 4.39 Å². The molecule has 2 fully saturated rings. The fourth-order valence-electron chi connectivity index (χ4n) is 2.93. The maximum absolute atomic E-state index is 13.4. The van der Waals surface area contributed by atoms with Gasteiger partial charge in [-0.1, -0.05) is 12.1 Å². The van der Waals surface area contributed by atoms with Gasteiger partial charge in [0, 0.05) is 19.6 Å². The summed E-state index contributed by atoms with van der Waals surface area (Å²) >= 11 is 0. The molecular formula is C15H17FN2O3. The first-order valence-corrected chi connectivity index (χ1v) is 7.07. The number of nitrogens with zero attached hydrogens (tertiary/aromatic N) is 1. The van der Waals surface area contributed by atoms with E-state index in [0.717, 1.165) is 5.56 Å². The Morgan fingerprint density at radius 3 is 2.81 bits per heavy atom. The maximum Gasteiger partial charge on any atom is 0.307 e. The van der Waals surface area contributed by atoms with Crippen LogP contribution < -0.4 is 5.32 Å². The van der Waals surface area contributed by atoms with Crippen LogP contribution in [0.1, 0.15) is 18.0 Å². The van der Waals surface area contributed by atoms with E-state index >= 15 is 0 Å². The molecule has 2 aliphatic rings. The van der Waals surface area contributed by atoms with Crippen LogP contribution in [0.5, 0.6) is 0 Å². The van der Waals surface area contributed by atoms with Gasteiger partial charge in [0.1, 0.15) is 5.82 Å². The maximum atomic E-state index is 13.4. The van der Waals surface area contributed by atoms with Crippen LogP contribution in [0.2, 0.25) is 0 Å². The molecule has 0 aromatic heterocycles. The van der Waals surface area contributed by atoms with E-state index in [4.69, 9.17) is 5.11 Å². The zero-order chi connectivity index (χ0) is 15.0. The second-order valence-corrected chi connectivity index (χ2v) is 5.59. The Labute approximate surface area is 121 Å². The third-order valence-corrected chi connectivity index (χ3v) is 4.18. The van der Waals surface area contributed by atoms with E-state index in [1.165, 1.54) is 12.1 Å². The number of carbonyl (C=O) groups excluding carboxylic acids is 1. The second kappa shape index (κ2) is 5.44. The Balaban J connectivity index is 1.79. The summed E-state index contributed by atoms with van der Waals surface area (Å²) in [6.45, 7) is 1.74. The van der Waals surface area contributed by atoms with E-state index in [0.29, 0.717) is 26.1 Å². The SMILES string of the molecule is O=C(O)[C@@H]1C[C@H]1C(=O)N1CCNCC1c1cccc(F)c1. The molecule has 1 unspecified atom stereocenters. The summed E-state index contributed by atoms with van der Waals surface area (Å²) in [6.07, 6.45) is 0.411. The Morgan fingerprint density at radius 1 is 1.33 bits per heavy atom. The van der Waals surface area contributed by atoms with Crippen LogP contribution in [0.15, 0.2) is 24.3 Å². The van der Waals surface area contributed by atoms with E-state index in [-0.39, 0.29) is 17.8 Å². The molecule has 3 atom stereocenters. The molecule has 1 saturated carbocycles. The standard InChI is InChI=1S/C15H17FN2O3/c16-10-3-1-2-9(6-10)13-8-17-4-5-18(13)14(19)11-7-12(11)15(20)21/h1-3,6,11-13,17H,4-5,7-8H2,(H,20,21)/t11-,12-,13?/m1/s1. The van der Waals surface area contributed by atoms with Gasteiger partial charge in [-0.05, 0) is 24.1 Å². The van der Waals surface area contributed by atoms with Crippen molar-refractivity contribution in [2.24, 2.45) is 11.8 Å². The highest BCUT2D eigenvalue weighted by molar-refractivity contribution is 5.89. The zero-order valence-corrected chi connectivity index (χ0v) is 11.5. The fourth-order valence-corrected chi connectivity index (χ4v) is 2.93. The fraction of sp³-hybridized carbons (Fsp3) is 0.467. The van der Waals surface area contributed by atoms with Gasteiger partial charge in [0.2, 0.25) is 5.91 Å². The normalized spacial score (nSPS) is 28.2. The molecule has 112 valence electrons. The number of piperazine rings is 1. The minimum Gasteiger partial charge on any atom is -0.481 e. The zero-order valence-electron chi connectivity index (χ0n) is 11.5. The van der Waals surface area contributed by atoms with Crippen LogP contribution in [-0.4, -0.2) is 41.5 Å². The minimum absolute atomic E-state index is 0.127. The summed E-state index contributed by atoms with van der Waals surface area (Å²) in [6, 6.07) is 5.98. The van der Waals surface area contributed by atoms with Crippen LogP contribution in [0.3, 0.4) is 0 Å². The lowest BCUT2D eigenvalue weighted by atomic mass is 10.0. The Hall–Kier alpha value is -1.95. The molecule has 1 amide bonds. The van der Waals surface area contributed by atoms with Crippen molar-refractivity contribution in [1.29, 1.82) is 0 Å². The topological polar surface area (TPSA) is 69.6 Å². The second-order valence-electron chi connectivity index (χ2n) is 5.59. The highest BCUT2D eigenvalue weighted by Gasteiger charge is 2.50. The number of hydrogen-bond donors (Lipinski definition) is 2. The minimum atomic E-state index is -0.911. The molecule has 21 heavy (non-hydrogen) atoms. The predicted molar refractivity (Wildman–Crippen MR) is 73.0 cm³/mol. The highest BCUT2D eigenvalue weighted by atomic mass is 19.1. The van der Waals surface area contributed by atoms with Gasteiger partial charge in [-0.3, -0.25) is 9.59 Å². The summed E-state index contributed by atoms with van der Waals surface area (Å²) < 4.78 is 13.4. The summed E-state index contributed by atoms with van der Waals surface area (Å²) in [5.74, 6) is -2.35. The molecule has 1 aromatic carbocycles. The van der Waals surface area contributed by atoms with Crippen molar-refractivity contribution in [3.05, 3.63) is 35.6 Å². The van der Waals surface area contributed by atoms with E-state index in [1.807, 2.05) is 0 Å². The first-order valence-electron chi connectivity index (χ1n) is 7.07.